The number of cyclic esters (lactones) is 2. The van der Waals surface area contributed by atoms with Gasteiger partial charge in [0.1, 0.15) is 5.54 Å². The monoisotopic (exact) mass is 129 g/mol. The van der Waals surface area contributed by atoms with E-state index in [1.54, 1.807) is 13.8 Å². The minimum Gasteiger partial charge on any atom is -0.374 e. The van der Waals surface area contributed by atoms with Gasteiger partial charge in [0.2, 0.25) is 0 Å². The quantitative estimate of drug-likeness (QED) is 0.371. The molecule has 1 saturated heterocycles. The van der Waals surface area contributed by atoms with Crippen LogP contribution in [-0.4, -0.2) is 17.6 Å². The molecule has 0 radical (unpaired) electrons. The van der Waals surface area contributed by atoms with Gasteiger partial charge in [0.15, 0.2) is 0 Å². The summed E-state index contributed by atoms with van der Waals surface area (Å²) in [6.07, 6.45) is -0.662. The number of carbonyl (C=O) groups is 2. The molecule has 0 bridgehead atoms. The van der Waals surface area contributed by atoms with Crippen LogP contribution in [0.1, 0.15) is 13.8 Å². The lowest BCUT2D eigenvalue weighted by Crippen LogP contribution is -2.39. The number of esters is 1. The van der Waals surface area contributed by atoms with Crippen LogP contribution in [0.25, 0.3) is 0 Å². The van der Waals surface area contributed by atoms with E-state index in [-0.39, 0.29) is 0 Å². The summed E-state index contributed by atoms with van der Waals surface area (Å²) >= 11 is 0. The van der Waals surface area contributed by atoms with Crippen molar-refractivity contribution in [1.29, 1.82) is 0 Å². The van der Waals surface area contributed by atoms with Gasteiger partial charge in [-0.1, -0.05) is 0 Å². The van der Waals surface area contributed by atoms with Crippen molar-refractivity contribution in [2.75, 3.05) is 0 Å². The molecule has 0 aliphatic carbocycles. The fraction of sp³-hybridized carbons (Fsp3) is 0.600. The van der Waals surface area contributed by atoms with Crippen molar-refractivity contribution in [1.82, 2.24) is 5.32 Å². The molecule has 1 rings (SSSR count). The van der Waals surface area contributed by atoms with Crippen molar-refractivity contribution in [3.63, 3.8) is 0 Å². The van der Waals surface area contributed by atoms with Gasteiger partial charge in [0.25, 0.3) is 0 Å². The molecular weight excluding hydrogens is 122 g/mol. The highest BCUT2D eigenvalue weighted by molar-refractivity contribution is 5.98. The Labute approximate surface area is 52.2 Å². The van der Waals surface area contributed by atoms with Gasteiger partial charge in [-0.25, -0.2) is 9.59 Å². The number of amides is 1. The molecule has 1 N–H and O–H groups in total. The summed E-state index contributed by atoms with van der Waals surface area (Å²) in [6.45, 7) is 3.17. The summed E-state index contributed by atoms with van der Waals surface area (Å²) < 4.78 is 4.19. The molecule has 1 fully saturated rings. The van der Waals surface area contributed by atoms with E-state index in [0.29, 0.717) is 0 Å². The Morgan fingerprint density at radius 2 is 2.00 bits per heavy atom. The van der Waals surface area contributed by atoms with Crippen LogP contribution in [-0.2, 0) is 9.53 Å². The SMILES string of the molecule is CC1(C)NC(=O)OC1=O. The van der Waals surface area contributed by atoms with Crippen LogP contribution in [0.4, 0.5) is 4.79 Å². The molecule has 1 aliphatic rings. The van der Waals surface area contributed by atoms with E-state index in [1.165, 1.54) is 0 Å². The highest BCUT2D eigenvalue weighted by atomic mass is 16.6. The minimum atomic E-state index is -0.836. The smallest absolute Gasteiger partial charge is 0.374 e. The van der Waals surface area contributed by atoms with Gasteiger partial charge in [-0.15, -0.1) is 0 Å². The average Bonchev–Trinajstić information content (AvgIpc) is 1.79. The summed E-state index contributed by atoms with van der Waals surface area (Å²) in [5.41, 5.74) is -0.836. The second kappa shape index (κ2) is 1.46. The number of nitrogens with one attached hydrogen (secondary N) is 1. The van der Waals surface area contributed by atoms with E-state index in [2.05, 4.69) is 10.1 Å². The molecular formula is C5H7NO3. The zero-order chi connectivity index (χ0) is 7.07. The summed E-state index contributed by atoms with van der Waals surface area (Å²) in [5.74, 6) is -0.521. The van der Waals surface area contributed by atoms with Crippen LogP contribution < -0.4 is 5.32 Å². The Morgan fingerprint density at radius 1 is 1.44 bits per heavy atom. The Morgan fingerprint density at radius 3 is 2.11 bits per heavy atom. The Bertz CT molecular complexity index is 173. The standard InChI is InChI=1S/C5H7NO3/c1-5(2)3(7)9-4(8)6-5/h1-2H3,(H,6,8). The maximum atomic E-state index is 10.6. The molecule has 1 aliphatic heterocycles. The molecule has 4 heteroatoms. The maximum Gasteiger partial charge on any atom is 0.415 e. The van der Waals surface area contributed by atoms with Gasteiger partial charge in [0, 0.05) is 0 Å². The summed E-state index contributed by atoms with van der Waals surface area (Å²) in [6, 6.07) is 0. The van der Waals surface area contributed by atoms with Crippen molar-refractivity contribution in [2.45, 2.75) is 19.4 Å². The average molecular weight is 129 g/mol. The molecule has 0 unspecified atom stereocenters. The first kappa shape index (κ1) is 6.07. The van der Waals surface area contributed by atoms with Crippen LogP contribution in [0.2, 0.25) is 0 Å². The lowest BCUT2D eigenvalue weighted by atomic mass is 10.1. The highest BCUT2D eigenvalue weighted by Crippen LogP contribution is 2.11. The molecule has 9 heavy (non-hydrogen) atoms. The number of rotatable bonds is 0. The van der Waals surface area contributed by atoms with Crippen molar-refractivity contribution in [3.8, 4) is 0 Å². The normalized spacial score (nSPS) is 23.3. The van der Waals surface area contributed by atoms with Crippen LogP contribution >= 0.6 is 0 Å². The third kappa shape index (κ3) is 0.872. The summed E-state index contributed by atoms with van der Waals surface area (Å²) in [7, 11) is 0. The van der Waals surface area contributed by atoms with Gasteiger partial charge in [-0.2, -0.15) is 0 Å². The molecule has 0 atom stereocenters. The molecule has 1 heterocycles. The molecule has 0 spiro atoms. The first-order chi connectivity index (χ1) is 4.02. The van der Waals surface area contributed by atoms with Gasteiger partial charge in [-0.05, 0) is 13.8 Å². The van der Waals surface area contributed by atoms with E-state index in [4.69, 9.17) is 0 Å². The van der Waals surface area contributed by atoms with Crippen molar-refractivity contribution >= 4 is 12.1 Å². The van der Waals surface area contributed by atoms with Gasteiger partial charge < -0.3 is 10.1 Å². The summed E-state index contributed by atoms with van der Waals surface area (Å²) in [4.78, 5) is 20.9. The van der Waals surface area contributed by atoms with E-state index in [1.807, 2.05) is 0 Å². The fourth-order valence-electron chi connectivity index (χ4n) is 0.543. The number of carbonyl (C=O) groups excluding carboxylic acids is 2. The predicted octanol–water partition coefficient (Wildman–Crippen LogP) is 0.0314. The molecule has 0 saturated carbocycles. The van der Waals surface area contributed by atoms with Crippen molar-refractivity contribution < 1.29 is 14.3 Å². The molecule has 50 valence electrons. The summed E-state index contributed by atoms with van der Waals surface area (Å²) in [5, 5.41) is 2.33. The van der Waals surface area contributed by atoms with Crippen LogP contribution in [0, 0.1) is 0 Å². The van der Waals surface area contributed by atoms with Crippen LogP contribution in [0.3, 0.4) is 0 Å². The number of hydrogen-bond acceptors (Lipinski definition) is 3. The Kier molecular flexibility index (Phi) is 0.986. The molecule has 4 nitrogen and oxygen atoms in total. The minimum absolute atomic E-state index is 0.521. The first-order valence-corrected chi connectivity index (χ1v) is 2.57. The Hall–Kier alpha value is -1.06. The number of alkyl carbamates (subject to hydrolysis) is 1. The second-order valence-corrected chi connectivity index (χ2v) is 2.43. The third-order valence-corrected chi connectivity index (χ3v) is 1.11. The van der Waals surface area contributed by atoms with Crippen LogP contribution in [0.5, 0.6) is 0 Å². The fourth-order valence-corrected chi connectivity index (χ4v) is 0.543. The number of hydrogen-bond donors (Lipinski definition) is 1. The lowest BCUT2D eigenvalue weighted by Gasteiger charge is -2.08. The van der Waals surface area contributed by atoms with Gasteiger partial charge in [0.05, 0.1) is 0 Å². The Balaban J connectivity index is 2.81. The van der Waals surface area contributed by atoms with Crippen molar-refractivity contribution in [3.05, 3.63) is 0 Å². The largest absolute Gasteiger partial charge is 0.415 e. The highest BCUT2D eigenvalue weighted by Gasteiger charge is 2.39. The van der Waals surface area contributed by atoms with E-state index in [9.17, 15) is 9.59 Å². The van der Waals surface area contributed by atoms with Gasteiger partial charge >= 0.3 is 12.1 Å². The van der Waals surface area contributed by atoms with Crippen LogP contribution in [0.15, 0.2) is 0 Å². The van der Waals surface area contributed by atoms with Gasteiger partial charge in [-0.3, -0.25) is 0 Å². The predicted molar refractivity (Wildman–Crippen MR) is 28.7 cm³/mol. The lowest BCUT2D eigenvalue weighted by molar-refractivity contribution is -0.138. The topological polar surface area (TPSA) is 55.4 Å². The number of ether oxygens (including phenoxy) is 1. The molecule has 0 aromatic rings. The molecule has 0 aromatic heterocycles. The molecule has 1 amide bonds. The van der Waals surface area contributed by atoms with E-state index < -0.39 is 17.6 Å². The second-order valence-electron chi connectivity index (χ2n) is 2.43. The molecule has 0 aromatic carbocycles. The zero-order valence-corrected chi connectivity index (χ0v) is 5.22. The van der Waals surface area contributed by atoms with E-state index in [0.717, 1.165) is 0 Å². The maximum absolute atomic E-state index is 10.6. The first-order valence-electron chi connectivity index (χ1n) is 2.57. The third-order valence-electron chi connectivity index (χ3n) is 1.11. The van der Waals surface area contributed by atoms with Crippen molar-refractivity contribution in [2.24, 2.45) is 0 Å². The zero-order valence-electron chi connectivity index (χ0n) is 5.22. The van der Waals surface area contributed by atoms with E-state index >= 15 is 0 Å².